The van der Waals surface area contributed by atoms with Crippen LogP contribution < -0.4 is 0 Å². The maximum atomic E-state index is 4.73. The van der Waals surface area contributed by atoms with E-state index in [1.54, 1.807) is 0 Å². The van der Waals surface area contributed by atoms with Gasteiger partial charge in [-0.25, -0.2) is 4.98 Å². The zero-order chi connectivity index (χ0) is 13.4. The molecular formula is C17H18N2. The molecule has 3 aromatic rings. The molecule has 0 N–H and O–H groups in total. The fourth-order valence-electron chi connectivity index (χ4n) is 2.45. The average Bonchev–Trinajstić information content (AvgIpc) is 2.77. The Hall–Kier alpha value is -2.09. The Morgan fingerprint density at radius 1 is 0.947 bits per heavy atom. The summed E-state index contributed by atoms with van der Waals surface area (Å²) in [6.45, 7) is 6.39. The summed E-state index contributed by atoms with van der Waals surface area (Å²) in [5.41, 5.74) is 6.00. The Labute approximate surface area is 113 Å². The maximum absolute atomic E-state index is 4.73. The molecule has 0 aliphatic rings. The molecule has 0 bridgehead atoms. The van der Waals surface area contributed by atoms with Gasteiger partial charge in [0.15, 0.2) is 0 Å². The zero-order valence-corrected chi connectivity index (χ0v) is 11.6. The summed E-state index contributed by atoms with van der Waals surface area (Å²) in [4.78, 5) is 4.73. The Balaban J connectivity index is 2.31. The van der Waals surface area contributed by atoms with Crippen molar-refractivity contribution < 1.29 is 0 Å². The largest absolute Gasteiger partial charge is 0.296 e. The lowest BCUT2D eigenvalue weighted by molar-refractivity contribution is 0.908. The van der Waals surface area contributed by atoms with Crippen LogP contribution >= 0.6 is 0 Å². The smallest absolute Gasteiger partial charge is 0.114 e. The Bertz CT molecular complexity index is 721. The van der Waals surface area contributed by atoms with Gasteiger partial charge in [-0.05, 0) is 43.7 Å². The maximum Gasteiger partial charge on any atom is 0.114 e. The topological polar surface area (TPSA) is 17.8 Å². The van der Waals surface area contributed by atoms with Crippen LogP contribution in [0.15, 0.2) is 42.5 Å². The van der Waals surface area contributed by atoms with Crippen LogP contribution in [0.3, 0.4) is 0 Å². The van der Waals surface area contributed by atoms with Gasteiger partial charge in [-0.1, -0.05) is 30.7 Å². The van der Waals surface area contributed by atoms with Gasteiger partial charge in [0.25, 0.3) is 0 Å². The van der Waals surface area contributed by atoms with Gasteiger partial charge in [0.05, 0.1) is 11.0 Å². The highest BCUT2D eigenvalue weighted by Gasteiger charge is 2.10. The number of benzene rings is 2. The van der Waals surface area contributed by atoms with Crippen molar-refractivity contribution in [1.82, 2.24) is 9.55 Å². The van der Waals surface area contributed by atoms with Crippen LogP contribution in [-0.2, 0) is 6.42 Å². The Morgan fingerprint density at radius 2 is 1.63 bits per heavy atom. The van der Waals surface area contributed by atoms with Crippen molar-refractivity contribution in [3.05, 3.63) is 59.4 Å². The highest BCUT2D eigenvalue weighted by molar-refractivity contribution is 5.79. The van der Waals surface area contributed by atoms with E-state index < -0.39 is 0 Å². The zero-order valence-electron chi connectivity index (χ0n) is 11.6. The number of imidazole rings is 1. The van der Waals surface area contributed by atoms with Crippen LogP contribution in [0.2, 0.25) is 0 Å². The van der Waals surface area contributed by atoms with E-state index in [2.05, 4.69) is 67.8 Å². The number of hydrogen-bond acceptors (Lipinski definition) is 1. The molecule has 3 rings (SSSR count). The van der Waals surface area contributed by atoms with Gasteiger partial charge in [-0.2, -0.15) is 0 Å². The van der Waals surface area contributed by atoms with E-state index in [0.717, 1.165) is 17.8 Å². The summed E-state index contributed by atoms with van der Waals surface area (Å²) >= 11 is 0. The molecule has 0 radical (unpaired) electrons. The molecule has 96 valence electrons. The van der Waals surface area contributed by atoms with Gasteiger partial charge in [0.1, 0.15) is 5.82 Å². The SMILES string of the molecule is CCc1nc2ccc(C)cc2n1-c1ccc(C)cc1. The molecule has 0 saturated carbocycles. The van der Waals surface area contributed by atoms with E-state index in [1.165, 1.54) is 22.3 Å². The minimum atomic E-state index is 0.932. The summed E-state index contributed by atoms with van der Waals surface area (Å²) in [6, 6.07) is 15.1. The first-order valence-corrected chi connectivity index (χ1v) is 6.74. The highest BCUT2D eigenvalue weighted by atomic mass is 15.1. The van der Waals surface area contributed by atoms with Crippen molar-refractivity contribution in [2.45, 2.75) is 27.2 Å². The quantitative estimate of drug-likeness (QED) is 0.666. The summed E-state index contributed by atoms with van der Waals surface area (Å²) in [5, 5.41) is 0. The van der Waals surface area contributed by atoms with Gasteiger partial charge in [-0.15, -0.1) is 0 Å². The van der Waals surface area contributed by atoms with Crippen molar-refractivity contribution in [2.24, 2.45) is 0 Å². The Morgan fingerprint density at radius 3 is 2.32 bits per heavy atom. The monoisotopic (exact) mass is 250 g/mol. The summed E-state index contributed by atoms with van der Waals surface area (Å²) < 4.78 is 2.27. The van der Waals surface area contributed by atoms with Crippen LogP contribution in [0.1, 0.15) is 23.9 Å². The second-order valence-electron chi connectivity index (χ2n) is 5.04. The number of hydrogen-bond donors (Lipinski definition) is 0. The summed E-state index contributed by atoms with van der Waals surface area (Å²) in [7, 11) is 0. The predicted octanol–water partition coefficient (Wildman–Crippen LogP) is 4.20. The second-order valence-corrected chi connectivity index (χ2v) is 5.04. The van der Waals surface area contributed by atoms with E-state index in [1.807, 2.05) is 0 Å². The molecule has 1 heterocycles. The van der Waals surface area contributed by atoms with Crippen LogP contribution in [-0.4, -0.2) is 9.55 Å². The molecule has 0 aliphatic heterocycles. The average molecular weight is 250 g/mol. The Kier molecular flexibility index (Phi) is 2.86. The molecule has 0 unspecified atom stereocenters. The van der Waals surface area contributed by atoms with Crippen molar-refractivity contribution in [3.63, 3.8) is 0 Å². The minimum Gasteiger partial charge on any atom is -0.296 e. The molecule has 2 aromatic carbocycles. The molecule has 0 aliphatic carbocycles. The van der Waals surface area contributed by atoms with E-state index in [4.69, 9.17) is 4.98 Å². The van der Waals surface area contributed by atoms with Crippen LogP contribution in [0.25, 0.3) is 16.7 Å². The molecule has 2 nitrogen and oxygen atoms in total. The summed E-state index contributed by atoms with van der Waals surface area (Å²) in [6.07, 6.45) is 0.932. The van der Waals surface area contributed by atoms with E-state index in [9.17, 15) is 0 Å². The van der Waals surface area contributed by atoms with Crippen LogP contribution in [0.5, 0.6) is 0 Å². The second kappa shape index (κ2) is 4.54. The fourth-order valence-corrected chi connectivity index (χ4v) is 2.45. The third-order valence-electron chi connectivity index (χ3n) is 3.49. The van der Waals surface area contributed by atoms with E-state index in [0.29, 0.717) is 0 Å². The lowest BCUT2D eigenvalue weighted by Crippen LogP contribution is -1.99. The molecule has 2 heteroatoms. The summed E-state index contributed by atoms with van der Waals surface area (Å²) in [5.74, 6) is 1.12. The number of nitrogens with zero attached hydrogens (tertiary/aromatic N) is 2. The predicted molar refractivity (Wildman–Crippen MR) is 79.9 cm³/mol. The van der Waals surface area contributed by atoms with Crippen molar-refractivity contribution >= 4 is 11.0 Å². The van der Waals surface area contributed by atoms with Crippen molar-refractivity contribution in [2.75, 3.05) is 0 Å². The highest BCUT2D eigenvalue weighted by Crippen LogP contribution is 2.23. The first-order chi connectivity index (χ1) is 9.19. The van der Waals surface area contributed by atoms with Crippen molar-refractivity contribution in [3.8, 4) is 5.69 Å². The van der Waals surface area contributed by atoms with E-state index >= 15 is 0 Å². The molecule has 0 fully saturated rings. The molecule has 0 spiro atoms. The van der Waals surface area contributed by atoms with Gasteiger partial charge < -0.3 is 0 Å². The van der Waals surface area contributed by atoms with Crippen LogP contribution in [0, 0.1) is 13.8 Å². The first kappa shape index (κ1) is 12.0. The standard InChI is InChI=1S/C17H18N2/c1-4-17-18-15-10-7-13(3)11-16(15)19(17)14-8-5-12(2)6-9-14/h5-11H,4H2,1-3H3. The third kappa shape index (κ3) is 2.03. The van der Waals surface area contributed by atoms with Crippen molar-refractivity contribution in [1.29, 1.82) is 0 Å². The molecule has 19 heavy (non-hydrogen) atoms. The van der Waals surface area contributed by atoms with Gasteiger partial charge in [-0.3, -0.25) is 4.57 Å². The number of rotatable bonds is 2. The molecular weight excluding hydrogens is 232 g/mol. The van der Waals surface area contributed by atoms with Gasteiger partial charge in [0, 0.05) is 12.1 Å². The van der Waals surface area contributed by atoms with Gasteiger partial charge in [0.2, 0.25) is 0 Å². The molecule has 0 amide bonds. The first-order valence-electron chi connectivity index (χ1n) is 6.74. The van der Waals surface area contributed by atoms with E-state index in [-0.39, 0.29) is 0 Å². The normalized spacial score (nSPS) is 11.1. The lowest BCUT2D eigenvalue weighted by Gasteiger charge is -2.08. The minimum absolute atomic E-state index is 0.932. The van der Waals surface area contributed by atoms with Gasteiger partial charge >= 0.3 is 0 Å². The molecule has 0 atom stereocenters. The fraction of sp³-hybridized carbons (Fsp3) is 0.235. The van der Waals surface area contributed by atoms with Crippen LogP contribution in [0.4, 0.5) is 0 Å². The third-order valence-corrected chi connectivity index (χ3v) is 3.49. The number of fused-ring (bicyclic) bond motifs is 1. The molecule has 1 aromatic heterocycles. The number of aryl methyl sites for hydroxylation is 3. The molecule has 0 saturated heterocycles. The number of aromatic nitrogens is 2. The lowest BCUT2D eigenvalue weighted by atomic mass is 10.2.